The Morgan fingerprint density at radius 3 is 2.53 bits per heavy atom. The highest BCUT2D eigenvalue weighted by Crippen LogP contribution is 2.52. The van der Waals surface area contributed by atoms with Gasteiger partial charge in [-0.3, -0.25) is 9.36 Å². The molecule has 2 aliphatic carbocycles. The van der Waals surface area contributed by atoms with E-state index in [9.17, 15) is 9.18 Å². The lowest BCUT2D eigenvalue weighted by Crippen LogP contribution is -2.24. The molecular weight excluding hydrogens is 559 g/mol. The van der Waals surface area contributed by atoms with Gasteiger partial charge in [-0.05, 0) is 67.7 Å². The number of para-hydroxylation sites is 2. The van der Waals surface area contributed by atoms with Crippen LogP contribution in [0.25, 0.3) is 22.2 Å². The molecule has 2 saturated carbocycles. The minimum atomic E-state index is -0.404. The predicted octanol–water partition coefficient (Wildman–Crippen LogP) is 8.13. The Hall–Kier alpha value is -3.91. The molecule has 3 aromatic carbocycles. The first-order chi connectivity index (χ1) is 21.0. The topological polar surface area (TPSA) is 61.9 Å². The van der Waals surface area contributed by atoms with E-state index in [0.29, 0.717) is 22.8 Å². The van der Waals surface area contributed by atoms with Crippen LogP contribution in [-0.4, -0.2) is 30.9 Å². The number of aromatic nitrogens is 4. The van der Waals surface area contributed by atoms with Crippen molar-refractivity contribution in [1.82, 2.24) is 19.3 Å². The summed E-state index contributed by atoms with van der Waals surface area (Å²) >= 11 is 1.43. The van der Waals surface area contributed by atoms with E-state index in [2.05, 4.69) is 32.3 Å². The Morgan fingerprint density at radius 1 is 1.00 bits per heavy atom. The van der Waals surface area contributed by atoms with Crippen molar-refractivity contribution in [2.24, 2.45) is 24.8 Å². The van der Waals surface area contributed by atoms with E-state index < -0.39 is 5.82 Å². The number of carbonyl (C=O) groups is 1. The quantitative estimate of drug-likeness (QED) is 0.121. The number of aryl methyl sites for hydroxylation is 1. The van der Waals surface area contributed by atoms with Gasteiger partial charge in [0.25, 0.3) is 0 Å². The average molecular weight is 595 g/mol. The molecule has 5 aromatic rings. The molecule has 0 unspecified atom stereocenters. The first-order valence-corrected chi connectivity index (χ1v) is 16.1. The molecule has 220 valence electrons. The van der Waals surface area contributed by atoms with Crippen molar-refractivity contribution in [3.05, 3.63) is 96.1 Å². The third-order valence-electron chi connectivity index (χ3n) is 9.51. The van der Waals surface area contributed by atoms with Crippen LogP contribution >= 0.6 is 11.8 Å². The maximum Gasteiger partial charge on any atom is 0.192 e. The lowest BCUT2D eigenvalue weighted by Gasteiger charge is -2.30. The maximum absolute atomic E-state index is 14.3. The highest BCUT2D eigenvalue weighted by atomic mass is 32.2. The predicted molar refractivity (Wildman–Crippen MR) is 168 cm³/mol. The van der Waals surface area contributed by atoms with Gasteiger partial charge < -0.3 is 9.30 Å². The molecule has 8 heteroatoms. The van der Waals surface area contributed by atoms with E-state index in [4.69, 9.17) is 4.74 Å². The van der Waals surface area contributed by atoms with E-state index in [0.717, 1.165) is 33.6 Å². The van der Waals surface area contributed by atoms with Crippen LogP contribution in [0.4, 0.5) is 4.39 Å². The zero-order valence-corrected chi connectivity index (χ0v) is 25.3. The third-order valence-corrected chi connectivity index (χ3v) is 10.5. The van der Waals surface area contributed by atoms with Crippen molar-refractivity contribution in [3.8, 4) is 17.0 Å². The Balaban J connectivity index is 1.19. The number of rotatable bonds is 10. The van der Waals surface area contributed by atoms with E-state index in [1.807, 2.05) is 55.6 Å². The van der Waals surface area contributed by atoms with Gasteiger partial charge in [0.05, 0.1) is 17.0 Å². The molecule has 2 aliphatic rings. The molecule has 2 heterocycles. The zero-order valence-electron chi connectivity index (χ0n) is 24.4. The van der Waals surface area contributed by atoms with Crippen molar-refractivity contribution in [3.63, 3.8) is 0 Å². The van der Waals surface area contributed by atoms with Crippen LogP contribution in [0.2, 0.25) is 0 Å². The molecule has 0 aliphatic heterocycles. The van der Waals surface area contributed by atoms with E-state index in [1.54, 1.807) is 18.2 Å². The number of fused-ring (bicyclic) bond motifs is 3. The smallest absolute Gasteiger partial charge is 0.192 e. The lowest BCUT2D eigenvalue weighted by atomic mass is 9.84. The fourth-order valence-corrected chi connectivity index (χ4v) is 8.42. The second kappa shape index (κ2) is 11.6. The van der Waals surface area contributed by atoms with E-state index in [1.165, 1.54) is 43.5 Å². The Kier molecular flexibility index (Phi) is 7.55. The normalized spacial score (nSPS) is 20.1. The van der Waals surface area contributed by atoms with Crippen molar-refractivity contribution in [2.75, 3.05) is 5.75 Å². The molecule has 43 heavy (non-hydrogen) atoms. The number of thioether (sulfide) groups is 1. The molecule has 0 radical (unpaired) electrons. The summed E-state index contributed by atoms with van der Waals surface area (Å²) in [6.07, 6.45) is 5.09. The van der Waals surface area contributed by atoms with Crippen molar-refractivity contribution < 1.29 is 13.9 Å². The van der Waals surface area contributed by atoms with Crippen LogP contribution in [0.3, 0.4) is 0 Å². The number of benzene rings is 3. The standard InChI is InChI=1S/C35H35FN4O2S/c1-22(27-19-23-16-17-25(27)18-23)40-32(20-42-31-15-9-7-13-28(31)36)37-38-35(40)43-21-30(41)33-26-12-6-8-14-29(26)39(2)34(33)24-10-4-3-5-11-24/h3-15,22-23,25,27H,16-21H2,1-2H3/t22-,23+,25+,27-/m0/s1. The van der Waals surface area contributed by atoms with Crippen LogP contribution in [0.5, 0.6) is 5.75 Å². The van der Waals surface area contributed by atoms with E-state index >= 15 is 0 Å². The van der Waals surface area contributed by atoms with Gasteiger partial charge in [-0.1, -0.05) is 78.8 Å². The SMILES string of the molecule is C[C@@H]([C@@H]1C[C@@H]2CC[C@@H]1C2)n1c(COc2ccccc2F)nnc1SCC(=O)c1c(-c2ccccc2)n(C)c2ccccc12. The van der Waals surface area contributed by atoms with E-state index in [-0.39, 0.29) is 29.9 Å². The Morgan fingerprint density at radius 2 is 1.77 bits per heavy atom. The summed E-state index contributed by atoms with van der Waals surface area (Å²) in [5, 5.41) is 10.7. The summed E-state index contributed by atoms with van der Waals surface area (Å²) < 4.78 is 24.5. The molecule has 0 spiro atoms. The van der Waals surface area contributed by atoms with Gasteiger partial charge in [0.15, 0.2) is 28.3 Å². The number of Topliss-reactive ketones (excluding diaryl/α,β-unsaturated/α-hetero) is 1. The summed E-state index contributed by atoms with van der Waals surface area (Å²) in [4.78, 5) is 14.1. The summed E-state index contributed by atoms with van der Waals surface area (Å²) in [5.74, 6) is 2.75. The van der Waals surface area contributed by atoms with Gasteiger partial charge >= 0.3 is 0 Å². The fraction of sp³-hybridized carbons (Fsp3) is 0.343. The fourth-order valence-electron chi connectivity index (χ4n) is 7.51. The largest absolute Gasteiger partial charge is 0.483 e. The highest BCUT2D eigenvalue weighted by molar-refractivity contribution is 7.99. The van der Waals surface area contributed by atoms with Gasteiger partial charge in [-0.25, -0.2) is 4.39 Å². The molecule has 2 bridgehead atoms. The minimum absolute atomic E-state index is 0.0481. The number of hydrogen-bond acceptors (Lipinski definition) is 5. The number of carbonyl (C=O) groups excluding carboxylic acids is 1. The van der Waals surface area contributed by atoms with Crippen molar-refractivity contribution >= 4 is 28.4 Å². The molecule has 0 saturated heterocycles. The second-order valence-electron chi connectivity index (χ2n) is 11.9. The van der Waals surface area contributed by atoms with Crippen LogP contribution in [0.1, 0.15) is 54.8 Å². The summed E-state index contributed by atoms with van der Waals surface area (Å²) in [6.45, 7) is 2.35. The van der Waals surface area contributed by atoms with Gasteiger partial charge in [-0.2, -0.15) is 0 Å². The van der Waals surface area contributed by atoms with Gasteiger partial charge in [-0.15, -0.1) is 10.2 Å². The summed E-state index contributed by atoms with van der Waals surface area (Å²) in [7, 11) is 2.02. The molecular formula is C35H35FN4O2S. The molecule has 0 N–H and O–H groups in total. The highest BCUT2D eigenvalue weighted by Gasteiger charge is 2.43. The van der Waals surface area contributed by atoms with Crippen LogP contribution < -0.4 is 4.74 Å². The number of ketones is 1. The van der Waals surface area contributed by atoms with Gasteiger partial charge in [0.2, 0.25) is 0 Å². The monoisotopic (exact) mass is 594 g/mol. The van der Waals surface area contributed by atoms with Crippen LogP contribution in [0.15, 0.2) is 84.0 Å². The first-order valence-electron chi connectivity index (χ1n) is 15.1. The van der Waals surface area contributed by atoms with Crippen molar-refractivity contribution in [1.29, 1.82) is 0 Å². The summed E-state index contributed by atoms with van der Waals surface area (Å²) in [6, 6.07) is 24.7. The second-order valence-corrected chi connectivity index (χ2v) is 12.9. The molecule has 7 rings (SSSR count). The average Bonchev–Trinajstić information content (AvgIpc) is 3.83. The molecule has 0 amide bonds. The zero-order chi connectivity index (χ0) is 29.5. The lowest BCUT2D eigenvalue weighted by molar-refractivity contribution is 0.102. The Labute approximate surface area is 255 Å². The minimum Gasteiger partial charge on any atom is -0.483 e. The number of nitrogens with zero attached hydrogens (tertiary/aromatic N) is 4. The number of halogens is 1. The molecule has 2 aromatic heterocycles. The third kappa shape index (κ3) is 5.16. The summed E-state index contributed by atoms with van der Waals surface area (Å²) in [5.41, 5.74) is 3.68. The molecule has 2 fully saturated rings. The number of hydrogen-bond donors (Lipinski definition) is 0. The van der Waals surface area contributed by atoms with Gasteiger partial charge in [0.1, 0.15) is 6.61 Å². The molecule has 4 atom stereocenters. The first kappa shape index (κ1) is 27.9. The van der Waals surface area contributed by atoms with Crippen LogP contribution in [-0.2, 0) is 13.7 Å². The van der Waals surface area contributed by atoms with Crippen molar-refractivity contribution in [2.45, 2.75) is 50.4 Å². The van der Waals surface area contributed by atoms with Crippen LogP contribution in [0, 0.1) is 23.6 Å². The molecule has 6 nitrogen and oxygen atoms in total. The maximum atomic E-state index is 14.3. The number of ether oxygens (including phenoxy) is 1. The Bertz CT molecular complexity index is 1780. The van der Waals surface area contributed by atoms with Gasteiger partial charge in [0, 0.05) is 24.0 Å².